The van der Waals surface area contributed by atoms with Crippen LogP contribution in [0.25, 0.3) is 0 Å². The van der Waals surface area contributed by atoms with Gasteiger partial charge in [-0.15, -0.1) is 0 Å². The molecule has 20 heavy (non-hydrogen) atoms. The van der Waals surface area contributed by atoms with E-state index in [0.717, 1.165) is 6.07 Å². The molecule has 6 nitrogen and oxygen atoms in total. The van der Waals surface area contributed by atoms with Crippen LogP contribution in [0.4, 0.5) is 5.69 Å². The van der Waals surface area contributed by atoms with Crippen molar-refractivity contribution in [3.63, 3.8) is 0 Å². The number of carboxylic acids is 1. The normalized spacial score (nSPS) is 10.1. The lowest BCUT2D eigenvalue weighted by Gasteiger charge is -2.06. The van der Waals surface area contributed by atoms with Crippen molar-refractivity contribution in [3.05, 3.63) is 52.8 Å². The Kier molecular flexibility index (Phi) is 3.86. The molecule has 1 heterocycles. The van der Waals surface area contributed by atoms with Crippen LogP contribution < -0.4 is 5.32 Å². The van der Waals surface area contributed by atoms with Crippen molar-refractivity contribution in [2.75, 3.05) is 5.32 Å². The first kappa shape index (κ1) is 13.8. The van der Waals surface area contributed by atoms with Crippen LogP contribution in [0, 0.1) is 0 Å². The molecule has 1 aromatic carbocycles. The van der Waals surface area contributed by atoms with E-state index in [1.165, 1.54) is 24.3 Å². The Morgan fingerprint density at radius 3 is 2.55 bits per heavy atom. The third-order valence-electron chi connectivity index (χ3n) is 2.43. The first-order chi connectivity index (χ1) is 9.47. The molecule has 0 aliphatic heterocycles. The van der Waals surface area contributed by atoms with E-state index in [0.29, 0.717) is 0 Å². The number of benzene rings is 1. The molecule has 0 saturated carbocycles. The van der Waals surface area contributed by atoms with Crippen LogP contribution in [-0.2, 0) is 0 Å². The molecule has 2 rings (SSSR count). The third-order valence-corrected chi connectivity index (χ3v) is 2.64. The second-order valence-corrected chi connectivity index (χ2v) is 4.22. The van der Waals surface area contributed by atoms with Gasteiger partial charge in [0, 0.05) is 11.8 Å². The number of carbonyl (C=O) groups is 2. The summed E-state index contributed by atoms with van der Waals surface area (Å²) in [6.45, 7) is 0. The number of aromatic nitrogens is 1. The molecular formula is C13H9ClN2O4. The molecule has 0 aliphatic carbocycles. The zero-order valence-corrected chi connectivity index (χ0v) is 10.8. The van der Waals surface area contributed by atoms with Crippen molar-refractivity contribution in [2.24, 2.45) is 0 Å². The summed E-state index contributed by atoms with van der Waals surface area (Å²) < 4.78 is 0. The van der Waals surface area contributed by atoms with Gasteiger partial charge in [0.15, 0.2) is 0 Å². The smallest absolute Gasteiger partial charge is 0.339 e. The molecule has 7 heteroatoms. The summed E-state index contributed by atoms with van der Waals surface area (Å²) in [5.74, 6) is -2.21. The highest BCUT2D eigenvalue weighted by Gasteiger charge is 2.12. The molecule has 0 radical (unpaired) electrons. The molecule has 0 fully saturated rings. The predicted molar refractivity (Wildman–Crippen MR) is 72.3 cm³/mol. The summed E-state index contributed by atoms with van der Waals surface area (Å²) in [7, 11) is 0. The Morgan fingerprint density at radius 2 is 1.95 bits per heavy atom. The third kappa shape index (κ3) is 3.04. The number of hydrogen-bond donors (Lipinski definition) is 3. The zero-order chi connectivity index (χ0) is 14.7. The molecule has 1 amide bonds. The quantitative estimate of drug-likeness (QED) is 0.754. The van der Waals surface area contributed by atoms with E-state index < -0.39 is 17.6 Å². The Morgan fingerprint density at radius 1 is 1.20 bits per heavy atom. The number of carbonyl (C=O) groups excluding carboxylic acids is 1. The summed E-state index contributed by atoms with van der Waals surface area (Å²) >= 11 is 5.68. The summed E-state index contributed by atoms with van der Waals surface area (Å²) in [6.07, 6.45) is 0. The minimum Gasteiger partial charge on any atom is -0.507 e. The second kappa shape index (κ2) is 5.58. The van der Waals surface area contributed by atoms with Gasteiger partial charge in [-0.2, -0.15) is 0 Å². The number of hydrogen-bond acceptors (Lipinski definition) is 4. The van der Waals surface area contributed by atoms with Gasteiger partial charge < -0.3 is 15.5 Å². The van der Waals surface area contributed by atoms with E-state index in [-0.39, 0.29) is 22.1 Å². The highest BCUT2D eigenvalue weighted by Crippen LogP contribution is 2.22. The van der Waals surface area contributed by atoms with Crippen LogP contribution in [0.3, 0.4) is 0 Å². The number of nitrogens with zero attached hydrogens (tertiary/aromatic N) is 1. The maximum atomic E-state index is 11.9. The Labute approximate surface area is 118 Å². The van der Waals surface area contributed by atoms with Crippen LogP contribution in [-0.4, -0.2) is 27.1 Å². The number of aromatic carboxylic acids is 1. The van der Waals surface area contributed by atoms with Crippen LogP contribution in [0.5, 0.6) is 5.75 Å². The zero-order valence-electron chi connectivity index (χ0n) is 10.0. The van der Waals surface area contributed by atoms with Gasteiger partial charge in [0.2, 0.25) is 0 Å². The number of carboxylic acid groups (broad SMARTS) is 1. The molecule has 102 valence electrons. The van der Waals surface area contributed by atoms with E-state index in [4.69, 9.17) is 16.7 Å². The van der Waals surface area contributed by atoms with E-state index in [1.807, 2.05) is 0 Å². The lowest BCUT2D eigenvalue weighted by atomic mass is 10.2. The van der Waals surface area contributed by atoms with Gasteiger partial charge in [0.25, 0.3) is 5.91 Å². The summed E-state index contributed by atoms with van der Waals surface area (Å²) in [5.41, 5.74) is 0.113. The minimum absolute atomic E-state index is 0.110. The largest absolute Gasteiger partial charge is 0.507 e. The Hall–Kier alpha value is -2.60. The van der Waals surface area contributed by atoms with Gasteiger partial charge in [0.1, 0.15) is 22.2 Å². The monoisotopic (exact) mass is 292 g/mol. The summed E-state index contributed by atoms with van der Waals surface area (Å²) in [4.78, 5) is 26.4. The first-order valence-corrected chi connectivity index (χ1v) is 5.85. The van der Waals surface area contributed by atoms with E-state index in [1.54, 1.807) is 6.07 Å². The fourth-order valence-corrected chi connectivity index (χ4v) is 1.68. The molecule has 0 saturated heterocycles. The molecule has 2 aromatic rings. The molecule has 0 atom stereocenters. The second-order valence-electron chi connectivity index (χ2n) is 3.84. The average molecular weight is 293 g/mol. The number of rotatable bonds is 3. The van der Waals surface area contributed by atoms with Crippen molar-refractivity contribution in [1.82, 2.24) is 4.98 Å². The molecule has 0 unspecified atom stereocenters. The lowest BCUT2D eigenvalue weighted by molar-refractivity contribution is 0.0693. The van der Waals surface area contributed by atoms with Gasteiger partial charge in [-0.1, -0.05) is 17.7 Å². The number of halogens is 1. The average Bonchev–Trinajstić information content (AvgIpc) is 2.38. The Bertz CT molecular complexity index is 688. The number of aromatic hydroxyl groups is 1. The summed E-state index contributed by atoms with van der Waals surface area (Å²) in [6, 6.07) is 8.30. The van der Waals surface area contributed by atoms with Crippen molar-refractivity contribution < 1.29 is 19.8 Å². The standard InChI is InChI=1S/C13H9ClN2O4/c14-11-3-1-2-9(16-11)12(18)15-7-4-5-8(13(19)20)10(17)6-7/h1-6,17H,(H,15,18)(H,19,20). The number of phenols is 1. The topological polar surface area (TPSA) is 99.5 Å². The van der Waals surface area contributed by atoms with E-state index >= 15 is 0 Å². The SMILES string of the molecule is O=C(Nc1ccc(C(=O)O)c(O)c1)c1cccc(Cl)n1. The van der Waals surface area contributed by atoms with Gasteiger partial charge in [-0.3, -0.25) is 4.79 Å². The Balaban J connectivity index is 2.20. The molecule has 0 spiro atoms. The van der Waals surface area contributed by atoms with Crippen molar-refractivity contribution in [3.8, 4) is 5.75 Å². The molecule has 0 bridgehead atoms. The lowest BCUT2D eigenvalue weighted by Crippen LogP contribution is -2.13. The highest BCUT2D eigenvalue weighted by molar-refractivity contribution is 6.29. The number of amides is 1. The van der Waals surface area contributed by atoms with Crippen molar-refractivity contribution in [2.45, 2.75) is 0 Å². The molecular weight excluding hydrogens is 284 g/mol. The number of nitrogens with one attached hydrogen (secondary N) is 1. The van der Waals surface area contributed by atoms with Gasteiger partial charge >= 0.3 is 5.97 Å². The van der Waals surface area contributed by atoms with Gasteiger partial charge in [-0.25, -0.2) is 9.78 Å². The maximum absolute atomic E-state index is 11.9. The van der Waals surface area contributed by atoms with Crippen LogP contribution in [0.15, 0.2) is 36.4 Å². The van der Waals surface area contributed by atoms with Gasteiger partial charge in [0.05, 0.1) is 0 Å². The minimum atomic E-state index is -1.25. The fraction of sp³-hybridized carbons (Fsp3) is 0. The fourth-order valence-electron chi connectivity index (χ4n) is 1.52. The van der Waals surface area contributed by atoms with Crippen LogP contribution in [0.1, 0.15) is 20.8 Å². The van der Waals surface area contributed by atoms with E-state index in [9.17, 15) is 14.7 Å². The molecule has 1 aromatic heterocycles. The highest BCUT2D eigenvalue weighted by atomic mass is 35.5. The van der Waals surface area contributed by atoms with Crippen LogP contribution >= 0.6 is 11.6 Å². The first-order valence-electron chi connectivity index (χ1n) is 5.47. The molecule has 3 N–H and O–H groups in total. The molecule has 0 aliphatic rings. The summed E-state index contributed by atoms with van der Waals surface area (Å²) in [5, 5.41) is 21.0. The van der Waals surface area contributed by atoms with Crippen molar-refractivity contribution in [1.29, 1.82) is 0 Å². The van der Waals surface area contributed by atoms with Crippen LogP contribution in [0.2, 0.25) is 5.15 Å². The van der Waals surface area contributed by atoms with Gasteiger partial charge in [-0.05, 0) is 24.3 Å². The maximum Gasteiger partial charge on any atom is 0.339 e. The predicted octanol–water partition coefficient (Wildman–Crippen LogP) is 2.39. The number of anilines is 1. The van der Waals surface area contributed by atoms with E-state index in [2.05, 4.69) is 10.3 Å². The number of pyridine rings is 1. The van der Waals surface area contributed by atoms with Crippen molar-refractivity contribution >= 4 is 29.2 Å².